The summed E-state index contributed by atoms with van der Waals surface area (Å²) in [5.41, 5.74) is 1.10. The number of urea groups is 1. The first kappa shape index (κ1) is 25.7. The minimum atomic E-state index is -4.63. The summed E-state index contributed by atoms with van der Waals surface area (Å²) in [5.74, 6) is 2.32. The van der Waals surface area contributed by atoms with Crippen LogP contribution in [-0.4, -0.2) is 21.0 Å². The van der Waals surface area contributed by atoms with Crippen LogP contribution in [0.4, 0.5) is 52.5 Å². The van der Waals surface area contributed by atoms with E-state index in [9.17, 15) is 18.0 Å². The Hall–Kier alpha value is -4.38. The Bertz CT molecular complexity index is 1430. The summed E-state index contributed by atoms with van der Waals surface area (Å²) in [6, 6.07) is 14.7. The Morgan fingerprint density at radius 2 is 1.41 bits per heavy atom. The molecule has 2 heterocycles. The van der Waals surface area contributed by atoms with Gasteiger partial charge in [-0.3, -0.25) is 0 Å². The summed E-state index contributed by atoms with van der Waals surface area (Å²) >= 11 is 5.61. The SMILES string of the molecule is Cc1ccnc(Nc2cc(Nc3ccc(NC(=O)Nc4ccc(Cl)c(C(F)(F)F)c4)cc3)nc(C)n2)c1. The summed E-state index contributed by atoms with van der Waals surface area (Å²) in [6.07, 6.45) is -2.93. The van der Waals surface area contributed by atoms with Crippen LogP contribution < -0.4 is 21.3 Å². The van der Waals surface area contributed by atoms with E-state index in [0.717, 1.165) is 17.7 Å². The fourth-order valence-corrected chi connectivity index (χ4v) is 3.55. The summed E-state index contributed by atoms with van der Waals surface area (Å²) < 4.78 is 39.1. The zero-order valence-corrected chi connectivity index (χ0v) is 20.4. The Morgan fingerprint density at radius 3 is 2.08 bits per heavy atom. The van der Waals surface area contributed by atoms with Gasteiger partial charge in [0.2, 0.25) is 0 Å². The number of pyridine rings is 1. The molecule has 12 heteroatoms. The largest absolute Gasteiger partial charge is 0.417 e. The summed E-state index contributed by atoms with van der Waals surface area (Å²) in [6.45, 7) is 3.73. The molecule has 2 amide bonds. The van der Waals surface area contributed by atoms with Crippen LogP contribution in [0.1, 0.15) is 17.0 Å². The number of benzene rings is 2. The number of hydrogen-bond donors (Lipinski definition) is 4. The Kier molecular flexibility index (Phi) is 7.44. The first-order valence-electron chi connectivity index (χ1n) is 10.9. The maximum Gasteiger partial charge on any atom is 0.417 e. The second kappa shape index (κ2) is 10.7. The smallest absolute Gasteiger partial charge is 0.340 e. The topological polar surface area (TPSA) is 104 Å². The first-order valence-corrected chi connectivity index (χ1v) is 11.3. The zero-order chi connectivity index (χ0) is 26.6. The number of alkyl halides is 3. The van der Waals surface area contributed by atoms with E-state index in [4.69, 9.17) is 11.6 Å². The van der Waals surface area contributed by atoms with E-state index in [1.165, 1.54) is 6.07 Å². The Morgan fingerprint density at radius 1 is 0.784 bits per heavy atom. The van der Waals surface area contributed by atoms with Crippen molar-refractivity contribution in [2.75, 3.05) is 21.3 Å². The molecule has 0 saturated carbocycles. The van der Waals surface area contributed by atoms with Crippen molar-refractivity contribution in [2.45, 2.75) is 20.0 Å². The molecular formula is C25H21ClF3N7O. The van der Waals surface area contributed by atoms with Crippen molar-refractivity contribution in [1.82, 2.24) is 15.0 Å². The summed E-state index contributed by atoms with van der Waals surface area (Å²) in [5, 5.41) is 10.8. The number of aryl methyl sites for hydroxylation is 2. The molecule has 0 aliphatic rings. The van der Waals surface area contributed by atoms with Gasteiger partial charge in [0.05, 0.1) is 10.6 Å². The number of nitrogens with zero attached hydrogens (tertiary/aromatic N) is 3. The van der Waals surface area contributed by atoms with Crippen molar-refractivity contribution >= 4 is 52.1 Å². The third kappa shape index (κ3) is 7.07. The number of hydrogen-bond acceptors (Lipinski definition) is 6. The molecule has 37 heavy (non-hydrogen) atoms. The molecule has 0 saturated heterocycles. The standard InChI is InChI=1S/C25H21ClF3N7O/c1-14-9-10-30-21(11-14)36-23-13-22(31-15(2)32-23)33-16-3-5-17(6-4-16)34-24(37)35-18-7-8-20(26)19(12-18)25(27,28)29/h3-13H,1-2H3,(H2,34,35,37)(H2,30,31,32,33,36). The molecule has 4 N–H and O–H groups in total. The predicted molar refractivity (Wildman–Crippen MR) is 138 cm³/mol. The molecule has 4 aromatic rings. The van der Waals surface area contributed by atoms with E-state index in [-0.39, 0.29) is 5.69 Å². The molecule has 0 fully saturated rings. The van der Waals surface area contributed by atoms with Crippen molar-refractivity contribution in [3.8, 4) is 0 Å². The molecule has 2 aromatic carbocycles. The molecule has 190 valence electrons. The van der Waals surface area contributed by atoms with Crippen molar-refractivity contribution < 1.29 is 18.0 Å². The van der Waals surface area contributed by atoms with Crippen LogP contribution in [0.25, 0.3) is 0 Å². The molecule has 0 unspecified atom stereocenters. The molecule has 0 spiro atoms. The van der Waals surface area contributed by atoms with Crippen LogP contribution in [0.3, 0.4) is 0 Å². The fourth-order valence-electron chi connectivity index (χ4n) is 3.33. The number of amides is 2. The maximum atomic E-state index is 13.0. The third-order valence-corrected chi connectivity index (χ3v) is 5.28. The molecule has 0 atom stereocenters. The lowest BCUT2D eigenvalue weighted by Gasteiger charge is -2.13. The van der Waals surface area contributed by atoms with Gasteiger partial charge < -0.3 is 21.3 Å². The van der Waals surface area contributed by atoms with Gasteiger partial charge in [0, 0.05) is 29.3 Å². The van der Waals surface area contributed by atoms with Crippen molar-refractivity contribution in [3.63, 3.8) is 0 Å². The fraction of sp³-hybridized carbons (Fsp3) is 0.120. The summed E-state index contributed by atoms with van der Waals surface area (Å²) in [7, 11) is 0. The van der Waals surface area contributed by atoms with Crippen LogP contribution >= 0.6 is 11.6 Å². The van der Waals surface area contributed by atoms with Crippen LogP contribution in [0.5, 0.6) is 0 Å². The monoisotopic (exact) mass is 527 g/mol. The normalized spacial score (nSPS) is 11.1. The Labute approximate surface area is 215 Å². The van der Waals surface area contributed by atoms with E-state index < -0.39 is 22.8 Å². The lowest BCUT2D eigenvalue weighted by molar-refractivity contribution is -0.137. The lowest BCUT2D eigenvalue weighted by Crippen LogP contribution is -2.19. The number of carbonyl (C=O) groups excluding carboxylic acids is 1. The Balaban J connectivity index is 1.39. The van der Waals surface area contributed by atoms with E-state index in [0.29, 0.717) is 34.7 Å². The first-order chi connectivity index (χ1) is 17.5. The molecule has 2 aromatic heterocycles. The van der Waals surface area contributed by atoms with Crippen molar-refractivity contribution in [1.29, 1.82) is 0 Å². The lowest BCUT2D eigenvalue weighted by atomic mass is 10.2. The highest BCUT2D eigenvalue weighted by Crippen LogP contribution is 2.36. The van der Waals surface area contributed by atoms with Gasteiger partial charge in [-0.05, 0) is 74.0 Å². The molecular weight excluding hydrogens is 507 g/mol. The average molecular weight is 528 g/mol. The van der Waals surface area contributed by atoms with E-state index in [1.54, 1.807) is 43.5 Å². The number of halogens is 4. The van der Waals surface area contributed by atoms with Crippen LogP contribution in [0.15, 0.2) is 66.9 Å². The van der Waals surface area contributed by atoms with Gasteiger partial charge in [-0.25, -0.2) is 19.7 Å². The molecule has 0 radical (unpaired) electrons. The van der Waals surface area contributed by atoms with Gasteiger partial charge in [-0.1, -0.05) is 11.6 Å². The number of carbonyl (C=O) groups is 1. The van der Waals surface area contributed by atoms with E-state index in [1.807, 2.05) is 19.1 Å². The average Bonchev–Trinajstić information content (AvgIpc) is 2.80. The van der Waals surface area contributed by atoms with Crippen molar-refractivity contribution in [3.05, 3.63) is 88.8 Å². The van der Waals surface area contributed by atoms with E-state index >= 15 is 0 Å². The van der Waals surface area contributed by atoms with Gasteiger partial charge >= 0.3 is 12.2 Å². The van der Waals surface area contributed by atoms with Gasteiger partial charge in [0.15, 0.2) is 0 Å². The number of anilines is 6. The second-order valence-corrected chi connectivity index (χ2v) is 8.41. The van der Waals surface area contributed by atoms with Crippen LogP contribution in [0, 0.1) is 13.8 Å². The van der Waals surface area contributed by atoms with Gasteiger partial charge in [0.25, 0.3) is 0 Å². The molecule has 0 aliphatic carbocycles. The zero-order valence-electron chi connectivity index (χ0n) is 19.6. The van der Waals surface area contributed by atoms with Crippen LogP contribution in [0.2, 0.25) is 5.02 Å². The minimum absolute atomic E-state index is 0.0445. The third-order valence-electron chi connectivity index (χ3n) is 4.95. The molecule has 0 aliphatic heterocycles. The van der Waals surface area contributed by atoms with E-state index in [2.05, 4.69) is 36.2 Å². The number of nitrogens with one attached hydrogen (secondary N) is 4. The van der Waals surface area contributed by atoms with Gasteiger partial charge in [0.1, 0.15) is 23.3 Å². The number of rotatable bonds is 6. The van der Waals surface area contributed by atoms with Gasteiger partial charge in [-0.15, -0.1) is 0 Å². The molecule has 4 rings (SSSR count). The highest BCUT2D eigenvalue weighted by atomic mass is 35.5. The second-order valence-electron chi connectivity index (χ2n) is 8.00. The molecule has 8 nitrogen and oxygen atoms in total. The maximum absolute atomic E-state index is 13.0. The highest BCUT2D eigenvalue weighted by molar-refractivity contribution is 6.31. The summed E-state index contributed by atoms with van der Waals surface area (Å²) in [4.78, 5) is 25.3. The predicted octanol–water partition coefficient (Wildman–Crippen LogP) is 7.29. The van der Waals surface area contributed by atoms with Crippen LogP contribution in [-0.2, 0) is 6.18 Å². The number of aromatic nitrogens is 3. The molecule has 0 bridgehead atoms. The minimum Gasteiger partial charge on any atom is -0.340 e. The quantitative estimate of drug-likeness (QED) is 0.210. The highest BCUT2D eigenvalue weighted by Gasteiger charge is 2.33. The van der Waals surface area contributed by atoms with Gasteiger partial charge in [-0.2, -0.15) is 13.2 Å². The van der Waals surface area contributed by atoms with Crippen molar-refractivity contribution in [2.24, 2.45) is 0 Å².